The van der Waals surface area contributed by atoms with Crippen molar-refractivity contribution in [2.75, 3.05) is 7.05 Å². The van der Waals surface area contributed by atoms with E-state index in [2.05, 4.69) is 12.2 Å². The Bertz CT molecular complexity index is 530. The van der Waals surface area contributed by atoms with Crippen molar-refractivity contribution in [1.29, 1.82) is 0 Å². The molecule has 0 aliphatic heterocycles. The number of hydrogen-bond acceptors (Lipinski definition) is 2. The van der Waals surface area contributed by atoms with Crippen molar-refractivity contribution in [2.24, 2.45) is 0 Å². The van der Waals surface area contributed by atoms with E-state index in [0.29, 0.717) is 6.54 Å². The van der Waals surface area contributed by atoms with Crippen LogP contribution in [0.5, 0.6) is 0 Å². The van der Waals surface area contributed by atoms with Gasteiger partial charge in [0.15, 0.2) is 0 Å². The molecule has 0 bridgehead atoms. The number of rotatable bonds is 4. The molecule has 0 fully saturated rings. The van der Waals surface area contributed by atoms with E-state index in [9.17, 15) is 4.39 Å². The molecule has 1 heterocycles. The summed E-state index contributed by atoms with van der Waals surface area (Å²) < 4.78 is 19.3. The van der Waals surface area contributed by atoms with E-state index in [1.807, 2.05) is 14.0 Å². The van der Waals surface area contributed by atoms with Crippen LogP contribution < -0.4 is 5.32 Å². The highest BCUT2D eigenvalue weighted by Crippen LogP contribution is 2.30. The van der Waals surface area contributed by atoms with Crippen LogP contribution in [0.15, 0.2) is 16.5 Å². The highest BCUT2D eigenvalue weighted by molar-refractivity contribution is 5.85. The second-order valence-corrected chi connectivity index (χ2v) is 4.38. The summed E-state index contributed by atoms with van der Waals surface area (Å²) in [7, 11) is 1.89. The number of furan rings is 1. The Morgan fingerprint density at radius 3 is 2.76 bits per heavy atom. The fraction of sp³-hybridized carbons (Fsp3) is 0.429. The molecule has 0 unspecified atom stereocenters. The van der Waals surface area contributed by atoms with Crippen LogP contribution in [-0.4, -0.2) is 7.05 Å². The first-order valence-electron chi connectivity index (χ1n) is 6.02. The van der Waals surface area contributed by atoms with Crippen LogP contribution in [-0.2, 0) is 13.0 Å². The molecular formula is C14H18FNO. The lowest BCUT2D eigenvalue weighted by Crippen LogP contribution is -2.05. The molecule has 1 N–H and O–H groups in total. The van der Waals surface area contributed by atoms with E-state index >= 15 is 0 Å². The zero-order chi connectivity index (χ0) is 12.4. The molecule has 2 aromatic rings. The molecule has 0 aliphatic carbocycles. The van der Waals surface area contributed by atoms with Crippen molar-refractivity contribution in [2.45, 2.75) is 33.2 Å². The molecule has 0 aliphatic rings. The third-order valence-corrected chi connectivity index (χ3v) is 2.96. The van der Waals surface area contributed by atoms with Crippen LogP contribution in [0.4, 0.5) is 4.39 Å². The topological polar surface area (TPSA) is 25.2 Å². The number of aryl methyl sites for hydroxylation is 2. The zero-order valence-corrected chi connectivity index (χ0v) is 10.6. The molecule has 1 aromatic carbocycles. The van der Waals surface area contributed by atoms with Crippen LogP contribution in [0.1, 0.15) is 30.2 Å². The van der Waals surface area contributed by atoms with Crippen molar-refractivity contribution in [3.05, 3.63) is 34.8 Å². The molecule has 17 heavy (non-hydrogen) atoms. The van der Waals surface area contributed by atoms with Gasteiger partial charge in [-0.3, -0.25) is 0 Å². The van der Waals surface area contributed by atoms with Gasteiger partial charge in [-0.15, -0.1) is 0 Å². The van der Waals surface area contributed by atoms with Gasteiger partial charge in [-0.05, 0) is 38.1 Å². The van der Waals surface area contributed by atoms with Crippen LogP contribution in [0.2, 0.25) is 0 Å². The predicted octanol–water partition coefficient (Wildman–Crippen LogP) is 3.55. The largest absolute Gasteiger partial charge is 0.459 e. The highest BCUT2D eigenvalue weighted by atomic mass is 19.1. The molecule has 0 spiro atoms. The van der Waals surface area contributed by atoms with E-state index in [1.54, 1.807) is 6.07 Å². The molecule has 2 nitrogen and oxygen atoms in total. The van der Waals surface area contributed by atoms with Gasteiger partial charge >= 0.3 is 0 Å². The van der Waals surface area contributed by atoms with E-state index in [4.69, 9.17) is 4.42 Å². The molecule has 0 amide bonds. The minimum Gasteiger partial charge on any atom is -0.459 e. The van der Waals surface area contributed by atoms with Gasteiger partial charge in [-0.1, -0.05) is 13.3 Å². The Labute approximate surface area is 101 Å². The summed E-state index contributed by atoms with van der Waals surface area (Å²) in [6.45, 7) is 4.69. The van der Waals surface area contributed by atoms with Gasteiger partial charge in [-0.25, -0.2) is 4.39 Å². The Balaban J connectivity index is 2.66. The first-order valence-corrected chi connectivity index (χ1v) is 6.02. The lowest BCUT2D eigenvalue weighted by molar-refractivity contribution is 0.521. The van der Waals surface area contributed by atoms with Crippen LogP contribution in [0.3, 0.4) is 0 Å². The maximum Gasteiger partial charge on any atom is 0.137 e. The number of nitrogens with one attached hydrogen (secondary N) is 1. The minimum absolute atomic E-state index is 0.191. The standard InChI is InChI=1S/C14H18FNO/c1-4-5-11-12-7-10(15)6-9(2)14(12)17-13(11)8-16-3/h6-7,16H,4-5,8H2,1-3H3. The molecular weight excluding hydrogens is 217 g/mol. The van der Waals surface area contributed by atoms with Gasteiger partial charge in [0.05, 0.1) is 6.54 Å². The molecule has 0 saturated carbocycles. The summed E-state index contributed by atoms with van der Waals surface area (Å²) in [5.41, 5.74) is 2.82. The third kappa shape index (κ3) is 2.20. The van der Waals surface area contributed by atoms with E-state index in [0.717, 1.165) is 40.7 Å². The van der Waals surface area contributed by atoms with E-state index < -0.39 is 0 Å². The number of fused-ring (bicyclic) bond motifs is 1. The number of halogens is 1. The van der Waals surface area contributed by atoms with Gasteiger partial charge in [0, 0.05) is 10.9 Å². The maximum absolute atomic E-state index is 13.5. The molecule has 3 heteroatoms. The molecule has 1 aromatic heterocycles. The van der Waals surface area contributed by atoms with E-state index in [1.165, 1.54) is 6.07 Å². The summed E-state index contributed by atoms with van der Waals surface area (Å²) in [6, 6.07) is 3.10. The summed E-state index contributed by atoms with van der Waals surface area (Å²) in [5, 5.41) is 4.02. The minimum atomic E-state index is -0.191. The number of hydrogen-bond donors (Lipinski definition) is 1. The van der Waals surface area contributed by atoms with Gasteiger partial charge in [0.2, 0.25) is 0 Å². The van der Waals surface area contributed by atoms with Crippen LogP contribution in [0.25, 0.3) is 11.0 Å². The monoisotopic (exact) mass is 235 g/mol. The zero-order valence-electron chi connectivity index (χ0n) is 10.6. The Kier molecular flexibility index (Phi) is 3.48. The lowest BCUT2D eigenvalue weighted by atomic mass is 10.0. The van der Waals surface area contributed by atoms with E-state index in [-0.39, 0.29) is 5.82 Å². The van der Waals surface area contributed by atoms with Crippen LogP contribution in [0, 0.1) is 12.7 Å². The summed E-state index contributed by atoms with van der Waals surface area (Å²) in [4.78, 5) is 0. The lowest BCUT2D eigenvalue weighted by Gasteiger charge is -2.00. The van der Waals surface area contributed by atoms with Crippen molar-refractivity contribution < 1.29 is 8.81 Å². The Morgan fingerprint density at radius 2 is 2.12 bits per heavy atom. The fourth-order valence-electron chi connectivity index (χ4n) is 2.25. The van der Waals surface area contributed by atoms with Gasteiger partial charge in [-0.2, -0.15) is 0 Å². The van der Waals surface area contributed by atoms with Crippen molar-refractivity contribution in [3.63, 3.8) is 0 Å². The number of benzene rings is 1. The molecule has 0 saturated heterocycles. The average molecular weight is 235 g/mol. The predicted molar refractivity (Wildman–Crippen MR) is 67.7 cm³/mol. The Hall–Kier alpha value is -1.35. The Morgan fingerprint density at radius 1 is 1.35 bits per heavy atom. The smallest absolute Gasteiger partial charge is 0.137 e. The van der Waals surface area contributed by atoms with Crippen LogP contribution >= 0.6 is 0 Å². The quantitative estimate of drug-likeness (QED) is 0.876. The second-order valence-electron chi connectivity index (χ2n) is 4.38. The summed E-state index contributed by atoms with van der Waals surface area (Å²) >= 11 is 0. The molecule has 92 valence electrons. The summed E-state index contributed by atoms with van der Waals surface area (Å²) in [6.07, 6.45) is 1.95. The normalized spacial score (nSPS) is 11.3. The second kappa shape index (κ2) is 4.88. The molecule has 0 atom stereocenters. The van der Waals surface area contributed by atoms with Crippen molar-refractivity contribution in [1.82, 2.24) is 5.32 Å². The van der Waals surface area contributed by atoms with Crippen molar-refractivity contribution >= 4 is 11.0 Å². The van der Waals surface area contributed by atoms with Gasteiger partial charge < -0.3 is 9.73 Å². The first-order chi connectivity index (χ1) is 8.17. The third-order valence-electron chi connectivity index (χ3n) is 2.96. The molecule has 2 rings (SSSR count). The highest BCUT2D eigenvalue weighted by Gasteiger charge is 2.15. The first kappa shape index (κ1) is 12.1. The SMILES string of the molecule is CCCc1c(CNC)oc2c(C)cc(F)cc12. The van der Waals surface area contributed by atoms with Crippen molar-refractivity contribution in [3.8, 4) is 0 Å². The molecule has 0 radical (unpaired) electrons. The average Bonchev–Trinajstić information content (AvgIpc) is 2.59. The fourth-order valence-corrected chi connectivity index (χ4v) is 2.25. The summed E-state index contributed by atoms with van der Waals surface area (Å²) in [5.74, 6) is 0.738. The maximum atomic E-state index is 13.5. The van der Waals surface area contributed by atoms with Gasteiger partial charge in [0.25, 0.3) is 0 Å². The van der Waals surface area contributed by atoms with Gasteiger partial charge in [0.1, 0.15) is 17.2 Å².